The van der Waals surface area contributed by atoms with E-state index >= 15 is 0 Å². The highest BCUT2D eigenvalue weighted by molar-refractivity contribution is 5.48. The Bertz CT molecular complexity index is 637. The first-order valence-corrected chi connectivity index (χ1v) is 8.52. The second kappa shape index (κ2) is 8.67. The summed E-state index contributed by atoms with van der Waals surface area (Å²) in [7, 11) is 1.69. The van der Waals surface area contributed by atoms with Crippen molar-refractivity contribution in [3.05, 3.63) is 71.8 Å². The van der Waals surface area contributed by atoms with Gasteiger partial charge in [-0.05, 0) is 29.7 Å². The van der Waals surface area contributed by atoms with Crippen molar-refractivity contribution in [2.24, 2.45) is 0 Å². The van der Waals surface area contributed by atoms with Gasteiger partial charge in [0.2, 0.25) is 0 Å². The maximum Gasteiger partial charge on any atom is 0.118 e. The molecule has 1 saturated heterocycles. The van der Waals surface area contributed by atoms with E-state index in [1.165, 1.54) is 11.1 Å². The van der Waals surface area contributed by atoms with Crippen molar-refractivity contribution in [3.8, 4) is 5.75 Å². The first-order chi connectivity index (χ1) is 11.8. The Labute approximate surface area is 144 Å². The molecule has 1 atom stereocenters. The molecule has 1 fully saturated rings. The van der Waals surface area contributed by atoms with Crippen LogP contribution in [0.1, 0.15) is 11.1 Å². The van der Waals surface area contributed by atoms with Gasteiger partial charge in [-0.25, -0.2) is 0 Å². The van der Waals surface area contributed by atoms with E-state index in [0.717, 1.165) is 38.4 Å². The van der Waals surface area contributed by atoms with Gasteiger partial charge in [-0.3, -0.25) is 4.90 Å². The lowest BCUT2D eigenvalue weighted by Crippen LogP contribution is -2.43. The highest BCUT2D eigenvalue weighted by Crippen LogP contribution is 2.16. The molecule has 0 bridgehead atoms. The molecule has 0 aliphatic carbocycles. The van der Waals surface area contributed by atoms with Gasteiger partial charge in [0, 0.05) is 19.6 Å². The van der Waals surface area contributed by atoms with Crippen LogP contribution < -0.4 is 4.74 Å². The number of ether oxygens (including phenoxy) is 2. The molecule has 3 heteroatoms. The molecule has 1 heterocycles. The number of nitrogens with zero attached hydrogens (tertiary/aromatic N) is 1. The summed E-state index contributed by atoms with van der Waals surface area (Å²) in [5, 5.41) is 0. The molecule has 2 aromatic carbocycles. The third-order valence-corrected chi connectivity index (χ3v) is 4.32. The normalized spacial score (nSPS) is 18.8. The Balaban J connectivity index is 1.49. The molecule has 126 valence electrons. The molecule has 0 spiro atoms. The highest BCUT2D eigenvalue weighted by atomic mass is 16.5. The quantitative estimate of drug-likeness (QED) is 0.810. The van der Waals surface area contributed by atoms with Crippen LogP contribution in [0.25, 0.3) is 6.08 Å². The zero-order chi connectivity index (χ0) is 16.6. The maximum atomic E-state index is 5.94. The van der Waals surface area contributed by atoms with Crippen molar-refractivity contribution in [2.45, 2.75) is 12.5 Å². The van der Waals surface area contributed by atoms with E-state index in [4.69, 9.17) is 9.47 Å². The van der Waals surface area contributed by atoms with Crippen LogP contribution in [-0.4, -0.2) is 44.4 Å². The Morgan fingerprint density at radius 3 is 2.67 bits per heavy atom. The van der Waals surface area contributed by atoms with Crippen LogP contribution in [-0.2, 0) is 11.2 Å². The fraction of sp³-hybridized carbons (Fsp3) is 0.333. The monoisotopic (exact) mass is 323 g/mol. The number of benzene rings is 2. The number of rotatable bonds is 6. The molecular formula is C21H25NO2. The molecule has 3 rings (SSSR count). The van der Waals surface area contributed by atoms with Gasteiger partial charge in [0.1, 0.15) is 5.75 Å². The number of hydrogen-bond acceptors (Lipinski definition) is 3. The Morgan fingerprint density at radius 1 is 1.12 bits per heavy atom. The van der Waals surface area contributed by atoms with Crippen LogP contribution in [0.4, 0.5) is 0 Å². The molecule has 24 heavy (non-hydrogen) atoms. The molecule has 0 N–H and O–H groups in total. The highest BCUT2D eigenvalue weighted by Gasteiger charge is 2.19. The van der Waals surface area contributed by atoms with Crippen molar-refractivity contribution >= 4 is 6.08 Å². The average Bonchev–Trinajstić information content (AvgIpc) is 2.64. The van der Waals surface area contributed by atoms with Crippen LogP contribution in [0.5, 0.6) is 5.75 Å². The van der Waals surface area contributed by atoms with E-state index in [0.29, 0.717) is 0 Å². The van der Waals surface area contributed by atoms with Gasteiger partial charge in [0.15, 0.2) is 0 Å². The van der Waals surface area contributed by atoms with E-state index in [-0.39, 0.29) is 6.10 Å². The van der Waals surface area contributed by atoms with E-state index in [1.807, 2.05) is 18.2 Å². The number of methoxy groups -OCH3 is 1. The van der Waals surface area contributed by atoms with Crippen molar-refractivity contribution in [2.75, 3.05) is 33.4 Å². The van der Waals surface area contributed by atoms with Crippen LogP contribution in [0, 0.1) is 0 Å². The lowest BCUT2D eigenvalue weighted by atomic mass is 10.1. The lowest BCUT2D eigenvalue weighted by Gasteiger charge is -2.32. The number of morpholine rings is 1. The Hall–Kier alpha value is -2.10. The van der Waals surface area contributed by atoms with Gasteiger partial charge < -0.3 is 9.47 Å². The van der Waals surface area contributed by atoms with Crippen LogP contribution in [0.3, 0.4) is 0 Å². The van der Waals surface area contributed by atoms with E-state index in [1.54, 1.807) is 7.11 Å². The third-order valence-electron chi connectivity index (χ3n) is 4.32. The zero-order valence-corrected chi connectivity index (χ0v) is 14.2. The summed E-state index contributed by atoms with van der Waals surface area (Å²) in [6.45, 7) is 3.75. The van der Waals surface area contributed by atoms with Crippen molar-refractivity contribution < 1.29 is 9.47 Å². The molecule has 1 aliphatic heterocycles. The molecule has 2 aromatic rings. The molecular weight excluding hydrogens is 298 g/mol. The van der Waals surface area contributed by atoms with Gasteiger partial charge in [-0.1, -0.05) is 54.6 Å². The Kier molecular flexibility index (Phi) is 6.05. The van der Waals surface area contributed by atoms with Gasteiger partial charge in [-0.2, -0.15) is 0 Å². The molecule has 0 radical (unpaired) electrons. The first kappa shape index (κ1) is 16.7. The standard InChI is InChI=1S/C21H25NO2/c1-23-20-11-9-19(10-12-20)16-21-17-22(14-15-24-21)13-5-8-18-6-3-2-4-7-18/h2-12,21H,13-17H2,1H3. The molecule has 0 amide bonds. The fourth-order valence-electron chi connectivity index (χ4n) is 3.00. The van der Waals surface area contributed by atoms with Crippen LogP contribution >= 0.6 is 0 Å². The number of hydrogen-bond donors (Lipinski definition) is 0. The SMILES string of the molecule is COc1ccc(CC2CN(CC=Cc3ccccc3)CCO2)cc1. The molecule has 0 saturated carbocycles. The molecule has 1 aliphatic rings. The van der Waals surface area contributed by atoms with Gasteiger partial charge in [0.05, 0.1) is 19.8 Å². The molecule has 1 unspecified atom stereocenters. The minimum absolute atomic E-state index is 0.261. The average molecular weight is 323 g/mol. The van der Waals surface area contributed by atoms with Gasteiger partial charge in [-0.15, -0.1) is 0 Å². The van der Waals surface area contributed by atoms with E-state index < -0.39 is 0 Å². The minimum atomic E-state index is 0.261. The topological polar surface area (TPSA) is 21.7 Å². The smallest absolute Gasteiger partial charge is 0.118 e. The van der Waals surface area contributed by atoms with Crippen molar-refractivity contribution in [1.29, 1.82) is 0 Å². The predicted molar refractivity (Wildman–Crippen MR) is 98.4 cm³/mol. The summed E-state index contributed by atoms with van der Waals surface area (Å²) in [5.74, 6) is 0.899. The predicted octanol–water partition coefficient (Wildman–Crippen LogP) is 3.65. The van der Waals surface area contributed by atoms with Gasteiger partial charge in [0.25, 0.3) is 0 Å². The van der Waals surface area contributed by atoms with Crippen LogP contribution in [0.15, 0.2) is 60.7 Å². The van der Waals surface area contributed by atoms with Crippen molar-refractivity contribution in [3.63, 3.8) is 0 Å². The van der Waals surface area contributed by atoms with E-state index in [9.17, 15) is 0 Å². The first-order valence-electron chi connectivity index (χ1n) is 8.52. The maximum absolute atomic E-state index is 5.94. The summed E-state index contributed by atoms with van der Waals surface area (Å²) in [4.78, 5) is 2.46. The summed E-state index contributed by atoms with van der Waals surface area (Å²) >= 11 is 0. The summed E-state index contributed by atoms with van der Waals surface area (Å²) in [6, 6.07) is 18.7. The van der Waals surface area contributed by atoms with Crippen LogP contribution in [0.2, 0.25) is 0 Å². The Morgan fingerprint density at radius 2 is 1.92 bits per heavy atom. The van der Waals surface area contributed by atoms with Crippen molar-refractivity contribution in [1.82, 2.24) is 4.90 Å². The summed E-state index contributed by atoms with van der Waals surface area (Å²) < 4.78 is 11.1. The van der Waals surface area contributed by atoms with E-state index in [2.05, 4.69) is 53.5 Å². The fourth-order valence-corrected chi connectivity index (χ4v) is 3.00. The molecule has 3 nitrogen and oxygen atoms in total. The van der Waals surface area contributed by atoms with Gasteiger partial charge >= 0.3 is 0 Å². The zero-order valence-electron chi connectivity index (χ0n) is 14.2. The summed E-state index contributed by atoms with van der Waals surface area (Å²) in [5.41, 5.74) is 2.54. The minimum Gasteiger partial charge on any atom is -0.497 e. The largest absolute Gasteiger partial charge is 0.497 e. The molecule has 0 aromatic heterocycles. The second-order valence-electron chi connectivity index (χ2n) is 6.12. The second-order valence-corrected chi connectivity index (χ2v) is 6.12. The lowest BCUT2D eigenvalue weighted by molar-refractivity contribution is -0.0236. The third kappa shape index (κ3) is 4.95. The summed E-state index contributed by atoms with van der Waals surface area (Å²) in [6.07, 6.45) is 5.64.